The molecule has 0 aliphatic rings. The van der Waals surface area contributed by atoms with Gasteiger partial charge in [0.05, 0.1) is 0 Å². The van der Waals surface area contributed by atoms with Crippen molar-refractivity contribution in [1.82, 2.24) is 0 Å². The fourth-order valence-corrected chi connectivity index (χ4v) is 1.69. The van der Waals surface area contributed by atoms with Crippen molar-refractivity contribution in [3.8, 4) is 0 Å². The number of aldehydes is 1. The molecule has 19 heavy (non-hydrogen) atoms. The van der Waals surface area contributed by atoms with Crippen LogP contribution in [0.25, 0.3) is 6.08 Å². The van der Waals surface area contributed by atoms with Crippen molar-refractivity contribution in [2.75, 3.05) is 0 Å². The number of rotatable bonds is 4. The van der Waals surface area contributed by atoms with Crippen LogP contribution in [0.5, 0.6) is 0 Å². The first-order valence-corrected chi connectivity index (χ1v) is 6.10. The van der Waals surface area contributed by atoms with Gasteiger partial charge in [-0.2, -0.15) is 0 Å². The average Bonchev–Trinajstić information content (AvgIpc) is 2.46. The van der Waals surface area contributed by atoms with Gasteiger partial charge in [0.1, 0.15) is 6.29 Å². The van der Waals surface area contributed by atoms with Crippen molar-refractivity contribution < 1.29 is 9.59 Å². The molecule has 3 heteroatoms. The van der Waals surface area contributed by atoms with E-state index in [0.717, 1.165) is 11.8 Å². The molecule has 0 heterocycles. The summed E-state index contributed by atoms with van der Waals surface area (Å²) in [5.41, 5.74) is 2.07. The van der Waals surface area contributed by atoms with E-state index in [2.05, 4.69) is 0 Å². The minimum Gasteiger partial charge on any atom is -0.298 e. The fourth-order valence-electron chi connectivity index (χ4n) is 1.57. The third-order valence-corrected chi connectivity index (χ3v) is 2.88. The number of allylic oxidation sites excluding steroid dienone is 1. The molecule has 94 valence electrons. The SMILES string of the molecule is O=Cc1ccc(/C=C/C(=O)c2ccc(Cl)cc2)cc1. The molecule has 2 nitrogen and oxygen atoms in total. The zero-order valence-electron chi connectivity index (χ0n) is 10.0. The van der Waals surface area contributed by atoms with Crippen molar-refractivity contribution >= 4 is 29.7 Å². The Morgan fingerprint density at radius 1 is 0.895 bits per heavy atom. The summed E-state index contributed by atoms with van der Waals surface area (Å²) in [6.45, 7) is 0. The Labute approximate surface area is 116 Å². The van der Waals surface area contributed by atoms with Crippen molar-refractivity contribution in [1.29, 1.82) is 0 Å². The standard InChI is InChI=1S/C16H11ClO2/c17-15-8-6-14(7-9-15)16(19)10-5-12-1-3-13(11-18)4-2-12/h1-11H/b10-5+. The number of ketones is 1. The molecule has 2 aromatic carbocycles. The van der Waals surface area contributed by atoms with E-state index in [1.807, 2.05) is 0 Å². The number of carbonyl (C=O) groups is 2. The summed E-state index contributed by atoms with van der Waals surface area (Å²) in [4.78, 5) is 22.4. The molecular formula is C16H11ClO2. The largest absolute Gasteiger partial charge is 0.298 e. The van der Waals surface area contributed by atoms with Crippen LogP contribution in [0, 0.1) is 0 Å². The molecule has 2 aromatic rings. The van der Waals surface area contributed by atoms with E-state index < -0.39 is 0 Å². The first-order chi connectivity index (χ1) is 9.19. The zero-order chi connectivity index (χ0) is 13.7. The van der Waals surface area contributed by atoms with E-state index in [9.17, 15) is 9.59 Å². The van der Waals surface area contributed by atoms with E-state index >= 15 is 0 Å². The van der Waals surface area contributed by atoms with Gasteiger partial charge >= 0.3 is 0 Å². The van der Waals surface area contributed by atoms with Gasteiger partial charge in [-0.25, -0.2) is 0 Å². The lowest BCUT2D eigenvalue weighted by Gasteiger charge is -1.96. The molecule has 0 spiro atoms. The topological polar surface area (TPSA) is 34.1 Å². The molecule has 0 atom stereocenters. The maximum atomic E-state index is 11.9. The molecule has 0 aromatic heterocycles. The van der Waals surface area contributed by atoms with Gasteiger partial charge in [0, 0.05) is 16.1 Å². The third kappa shape index (κ3) is 3.63. The number of hydrogen-bond acceptors (Lipinski definition) is 2. The minimum atomic E-state index is -0.0869. The van der Waals surface area contributed by atoms with Crippen molar-refractivity contribution in [3.05, 3.63) is 76.3 Å². The van der Waals surface area contributed by atoms with Gasteiger partial charge in [-0.15, -0.1) is 0 Å². The van der Waals surface area contributed by atoms with Crippen LogP contribution >= 0.6 is 11.6 Å². The predicted molar refractivity (Wildman–Crippen MR) is 76.6 cm³/mol. The van der Waals surface area contributed by atoms with Gasteiger partial charge in [0.25, 0.3) is 0 Å². The summed E-state index contributed by atoms with van der Waals surface area (Å²) in [5.74, 6) is -0.0869. The lowest BCUT2D eigenvalue weighted by atomic mass is 10.1. The Hall–Kier alpha value is -2.19. The Bertz CT molecular complexity index is 610. The third-order valence-electron chi connectivity index (χ3n) is 2.63. The van der Waals surface area contributed by atoms with Crippen LogP contribution in [0.2, 0.25) is 5.02 Å². The van der Waals surface area contributed by atoms with Crippen molar-refractivity contribution in [3.63, 3.8) is 0 Å². The summed E-state index contributed by atoms with van der Waals surface area (Å²) < 4.78 is 0. The van der Waals surface area contributed by atoms with Gasteiger partial charge in [-0.05, 0) is 35.9 Å². The lowest BCUT2D eigenvalue weighted by Crippen LogP contribution is -1.93. The first kappa shape index (κ1) is 13.2. The Balaban J connectivity index is 2.10. The Morgan fingerprint density at radius 3 is 2.05 bits per heavy atom. The van der Waals surface area contributed by atoms with Gasteiger partial charge in [-0.1, -0.05) is 41.9 Å². The molecule has 0 aliphatic heterocycles. The molecule has 0 N–H and O–H groups in total. The van der Waals surface area contributed by atoms with E-state index in [4.69, 9.17) is 11.6 Å². The molecule has 0 bridgehead atoms. The molecule has 0 unspecified atom stereocenters. The molecule has 2 rings (SSSR count). The number of carbonyl (C=O) groups excluding carboxylic acids is 2. The summed E-state index contributed by atoms with van der Waals surface area (Å²) >= 11 is 5.76. The average molecular weight is 271 g/mol. The van der Waals surface area contributed by atoms with Gasteiger partial charge in [-0.3, -0.25) is 9.59 Å². The van der Waals surface area contributed by atoms with Gasteiger partial charge < -0.3 is 0 Å². The molecule has 0 saturated heterocycles. The molecule has 0 amide bonds. The maximum Gasteiger partial charge on any atom is 0.185 e. The van der Waals surface area contributed by atoms with Crippen molar-refractivity contribution in [2.45, 2.75) is 0 Å². The summed E-state index contributed by atoms with van der Waals surface area (Å²) in [6.07, 6.45) is 4.00. The molecule has 0 aliphatic carbocycles. The van der Waals surface area contributed by atoms with Crippen LogP contribution in [0.3, 0.4) is 0 Å². The Kier molecular flexibility index (Phi) is 4.26. The summed E-state index contributed by atoms with van der Waals surface area (Å²) in [5, 5.41) is 0.602. The quantitative estimate of drug-likeness (QED) is 0.477. The normalized spacial score (nSPS) is 10.6. The van der Waals surface area contributed by atoms with Crippen LogP contribution in [-0.2, 0) is 0 Å². The zero-order valence-corrected chi connectivity index (χ0v) is 10.8. The van der Waals surface area contributed by atoms with Gasteiger partial charge in [0.2, 0.25) is 0 Å². The minimum absolute atomic E-state index is 0.0869. The number of hydrogen-bond donors (Lipinski definition) is 0. The number of benzene rings is 2. The first-order valence-electron chi connectivity index (χ1n) is 5.72. The highest BCUT2D eigenvalue weighted by Crippen LogP contribution is 2.11. The van der Waals surface area contributed by atoms with E-state index in [-0.39, 0.29) is 5.78 Å². The second-order valence-electron chi connectivity index (χ2n) is 3.99. The van der Waals surface area contributed by atoms with E-state index in [1.165, 1.54) is 6.08 Å². The fraction of sp³-hybridized carbons (Fsp3) is 0. The second kappa shape index (κ2) is 6.12. The monoisotopic (exact) mass is 270 g/mol. The van der Waals surface area contributed by atoms with Gasteiger partial charge in [0.15, 0.2) is 5.78 Å². The maximum absolute atomic E-state index is 11.9. The van der Waals surface area contributed by atoms with Crippen LogP contribution < -0.4 is 0 Å². The number of halogens is 1. The van der Waals surface area contributed by atoms with E-state index in [1.54, 1.807) is 54.6 Å². The highest BCUT2D eigenvalue weighted by atomic mass is 35.5. The van der Waals surface area contributed by atoms with Crippen LogP contribution in [0.1, 0.15) is 26.3 Å². The summed E-state index contributed by atoms with van der Waals surface area (Å²) in [7, 11) is 0. The second-order valence-corrected chi connectivity index (χ2v) is 4.43. The van der Waals surface area contributed by atoms with Crippen LogP contribution in [0.15, 0.2) is 54.6 Å². The molecule has 0 saturated carbocycles. The highest BCUT2D eigenvalue weighted by Gasteiger charge is 2.00. The lowest BCUT2D eigenvalue weighted by molar-refractivity contribution is 0.104. The van der Waals surface area contributed by atoms with E-state index in [0.29, 0.717) is 16.1 Å². The smallest absolute Gasteiger partial charge is 0.185 e. The molecule has 0 radical (unpaired) electrons. The molecule has 0 fully saturated rings. The highest BCUT2D eigenvalue weighted by molar-refractivity contribution is 6.30. The Morgan fingerprint density at radius 2 is 1.47 bits per heavy atom. The van der Waals surface area contributed by atoms with Crippen molar-refractivity contribution in [2.24, 2.45) is 0 Å². The van der Waals surface area contributed by atoms with Crippen LogP contribution in [0.4, 0.5) is 0 Å². The molecular weight excluding hydrogens is 260 g/mol. The predicted octanol–water partition coefficient (Wildman–Crippen LogP) is 4.05. The van der Waals surface area contributed by atoms with Crippen LogP contribution in [-0.4, -0.2) is 12.1 Å². The summed E-state index contributed by atoms with van der Waals surface area (Å²) in [6, 6.07) is 13.7.